The average Bonchev–Trinajstić information content (AvgIpc) is 3.01. The van der Waals surface area contributed by atoms with Gasteiger partial charge in [0.15, 0.2) is 6.04 Å². The van der Waals surface area contributed by atoms with E-state index >= 15 is 0 Å². The summed E-state index contributed by atoms with van der Waals surface area (Å²) in [7, 11) is -5.84. The second kappa shape index (κ2) is 8.21. The summed E-state index contributed by atoms with van der Waals surface area (Å²) in [5.74, 6) is -1.13. The number of rotatable bonds is 5. The first kappa shape index (κ1) is 23.7. The normalized spacial score (nSPS) is 13.9. The number of hydrogen-bond donors (Lipinski definition) is 3. The van der Waals surface area contributed by atoms with E-state index in [1.165, 1.54) is 18.3 Å². The van der Waals surface area contributed by atoms with Crippen molar-refractivity contribution < 1.29 is 41.1 Å². The van der Waals surface area contributed by atoms with Gasteiger partial charge >= 0.3 is 19.4 Å². The summed E-state index contributed by atoms with van der Waals surface area (Å²) in [6, 6.07) is 3.44. The summed E-state index contributed by atoms with van der Waals surface area (Å²) >= 11 is 3.23. The molecule has 2 aromatic heterocycles. The van der Waals surface area contributed by atoms with Crippen LogP contribution in [0.2, 0.25) is 0 Å². The van der Waals surface area contributed by atoms with Crippen molar-refractivity contribution in [1.82, 2.24) is 10.3 Å². The van der Waals surface area contributed by atoms with E-state index in [0.29, 0.717) is 11.3 Å². The van der Waals surface area contributed by atoms with Gasteiger partial charge in [0.25, 0.3) is 5.91 Å². The van der Waals surface area contributed by atoms with Gasteiger partial charge in [-0.2, -0.15) is 22.0 Å². The maximum atomic E-state index is 14.1. The Balaban J connectivity index is 1.99. The Morgan fingerprint density at radius 1 is 1.19 bits per heavy atom. The lowest BCUT2D eigenvalue weighted by atomic mass is 10.1. The Morgan fingerprint density at radius 2 is 1.87 bits per heavy atom. The molecule has 14 heteroatoms. The van der Waals surface area contributed by atoms with Crippen LogP contribution in [0.4, 0.5) is 22.0 Å². The number of fused-ring (bicyclic) bond motifs is 1. The number of aromatic nitrogens is 1. The van der Waals surface area contributed by atoms with Crippen molar-refractivity contribution >= 4 is 50.9 Å². The maximum Gasteiger partial charge on any atom is 0.412 e. The molecule has 2 heterocycles. The van der Waals surface area contributed by atoms with Crippen molar-refractivity contribution in [1.29, 1.82) is 0 Å². The highest BCUT2D eigenvalue weighted by Crippen LogP contribution is 2.62. The second-order valence-electron chi connectivity index (χ2n) is 6.28. The first-order valence-electron chi connectivity index (χ1n) is 8.17. The molecular weight excluding hydrogens is 534 g/mol. The number of thiophene rings is 1. The number of carbonyl (C=O) groups is 1. The number of hydrogen-bond acceptors (Lipinski definition) is 4. The molecule has 31 heavy (non-hydrogen) atoms. The van der Waals surface area contributed by atoms with Gasteiger partial charge in [-0.25, -0.2) is 0 Å². The van der Waals surface area contributed by atoms with Crippen LogP contribution in [0, 0.1) is 0 Å². The largest absolute Gasteiger partial charge is 0.412 e. The molecule has 0 bridgehead atoms. The highest BCUT2D eigenvalue weighted by Gasteiger charge is 2.53. The first-order chi connectivity index (χ1) is 14.2. The minimum Gasteiger partial charge on any atom is -0.337 e. The predicted octanol–water partition coefficient (Wildman–Crippen LogP) is 5.32. The molecule has 1 atom stereocenters. The van der Waals surface area contributed by atoms with Crippen molar-refractivity contribution in [2.75, 3.05) is 0 Å². The number of alkyl halides is 5. The Morgan fingerprint density at radius 3 is 2.42 bits per heavy atom. The van der Waals surface area contributed by atoms with Gasteiger partial charge < -0.3 is 15.1 Å². The summed E-state index contributed by atoms with van der Waals surface area (Å²) < 4.78 is 79.5. The molecule has 166 valence electrons. The molecule has 3 aromatic rings. The fraction of sp³-hybridized carbons (Fsp3) is 0.176. The number of benzene rings is 1. The van der Waals surface area contributed by atoms with Crippen LogP contribution in [0.1, 0.15) is 26.8 Å². The Hall–Kier alpha value is -1.92. The molecule has 0 spiro atoms. The van der Waals surface area contributed by atoms with Crippen LogP contribution in [0.3, 0.4) is 0 Å². The van der Waals surface area contributed by atoms with E-state index < -0.39 is 36.3 Å². The number of amides is 1. The molecule has 1 amide bonds. The molecule has 0 radical (unpaired) electrons. The second-order valence-corrected chi connectivity index (χ2v) is 9.77. The monoisotopic (exact) mass is 544 g/mol. The van der Waals surface area contributed by atoms with Gasteiger partial charge in [-0.1, -0.05) is 6.07 Å². The molecule has 0 aliphatic carbocycles. The van der Waals surface area contributed by atoms with Crippen molar-refractivity contribution in [3.8, 4) is 0 Å². The lowest BCUT2D eigenvalue weighted by Gasteiger charge is -2.21. The molecule has 3 rings (SSSR count). The fourth-order valence-electron chi connectivity index (χ4n) is 2.65. The van der Waals surface area contributed by atoms with Gasteiger partial charge in [0.05, 0.1) is 0 Å². The van der Waals surface area contributed by atoms with E-state index in [1.54, 1.807) is 0 Å². The lowest BCUT2D eigenvalue weighted by molar-refractivity contribution is -0.155. The van der Waals surface area contributed by atoms with E-state index in [-0.39, 0.29) is 25.7 Å². The standard InChI is InChI=1S/C17H11BrF5N2O4PS/c18-12-10-6-8(3-4-11(10)31-14(12)17(22,23)30(27,28)29)15(26)25-13(16(19,20)21)9-2-1-5-24-7-9/h1-7,13H,(H,25,26)(H2,27,28,29)/t13-/m1/s1. The Kier molecular flexibility index (Phi) is 6.29. The van der Waals surface area contributed by atoms with Crippen LogP contribution in [-0.2, 0) is 10.2 Å². The lowest BCUT2D eigenvalue weighted by Crippen LogP contribution is -2.38. The highest BCUT2D eigenvalue weighted by atomic mass is 79.9. The number of halogens is 6. The minimum absolute atomic E-state index is 0.00860. The first-order valence-corrected chi connectivity index (χ1v) is 11.4. The molecular formula is C17H11BrF5N2O4PS. The van der Waals surface area contributed by atoms with E-state index in [4.69, 9.17) is 9.79 Å². The Bertz CT molecular complexity index is 1180. The minimum atomic E-state index is -5.84. The maximum absolute atomic E-state index is 14.1. The predicted molar refractivity (Wildman–Crippen MR) is 106 cm³/mol. The smallest absolute Gasteiger partial charge is 0.337 e. The molecule has 0 fully saturated rings. The van der Waals surface area contributed by atoms with Gasteiger partial charge in [-0.05, 0) is 40.2 Å². The van der Waals surface area contributed by atoms with Crippen molar-refractivity contribution in [3.63, 3.8) is 0 Å². The number of nitrogens with zero attached hydrogens (tertiary/aromatic N) is 1. The molecule has 0 saturated carbocycles. The topological polar surface area (TPSA) is 99.5 Å². The zero-order valence-corrected chi connectivity index (χ0v) is 18.2. The van der Waals surface area contributed by atoms with Crippen LogP contribution in [0.25, 0.3) is 10.1 Å². The van der Waals surface area contributed by atoms with Crippen LogP contribution >= 0.6 is 34.9 Å². The van der Waals surface area contributed by atoms with Crippen LogP contribution in [-0.4, -0.2) is 26.9 Å². The highest BCUT2D eigenvalue weighted by molar-refractivity contribution is 9.10. The van der Waals surface area contributed by atoms with E-state index in [0.717, 1.165) is 24.4 Å². The number of pyridine rings is 1. The third kappa shape index (κ3) is 4.65. The molecule has 6 nitrogen and oxygen atoms in total. The third-order valence-corrected chi connectivity index (χ3v) is 7.58. The average molecular weight is 545 g/mol. The SMILES string of the molecule is O=C(N[C@H](c1cccnc1)C(F)(F)F)c1ccc2sc(C(F)(F)P(=O)(O)O)c(Br)c2c1. The van der Waals surface area contributed by atoms with Gasteiger partial charge in [0, 0.05) is 38.1 Å². The van der Waals surface area contributed by atoms with E-state index in [2.05, 4.69) is 20.9 Å². The zero-order valence-electron chi connectivity index (χ0n) is 14.9. The van der Waals surface area contributed by atoms with Gasteiger partial charge in [-0.15, -0.1) is 11.3 Å². The molecule has 0 saturated heterocycles. The van der Waals surface area contributed by atoms with Gasteiger partial charge in [0.2, 0.25) is 0 Å². The van der Waals surface area contributed by atoms with Crippen molar-refractivity contribution in [2.45, 2.75) is 17.9 Å². The van der Waals surface area contributed by atoms with Crippen LogP contribution in [0.15, 0.2) is 47.2 Å². The molecule has 0 aliphatic rings. The number of carbonyl (C=O) groups excluding carboxylic acids is 1. The Labute approximate surface area is 183 Å². The van der Waals surface area contributed by atoms with Crippen LogP contribution in [0.5, 0.6) is 0 Å². The summed E-state index contributed by atoms with van der Waals surface area (Å²) in [5.41, 5.74) is -5.06. The molecule has 3 N–H and O–H groups in total. The fourth-order valence-corrected chi connectivity index (χ4v) is 5.57. The van der Waals surface area contributed by atoms with Crippen molar-refractivity contribution in [2.24, 2.45) is 0 Å². The van der Waals surface area contributed by atoms with E-state index in [9.17, 15) is 31.3 Å². The summed E-state index contributed by atoms with van der Waals surface area (Å²) in [6.07, 6.45) is -2.61. The zero-order chi connectivity index (χ0) is 23.2. The summed E-state index contributed by atoms with van der Waals surface area (Å²) in [5, 5.41) is 1.84. The summed E-state index contributed by atoms with van der Waals surface area (Å²) in [4.78, 5) is 33.0. The third-order valence-electron chi connectivity index (χ3n) is 4.15. The quantitative estimate of drug-likeness (QED) is 0.298. The molecule has 0 unspecified atom stereocenters. The molecule has 0 aliphatic heterocycles. The van der Waals surface area contributed by atoms with Gasteiger partial charge in [-0.3, -0.25) is 14.3 Å². The molecule has 1 aromatic carbocycles. The van der Waals surface area contributed by atoms with E-state index in [1.807, 2.05) is 5.32 Å². The number of nitrogens with one attached hydrogen (secondary N) is 1. The summed E-state index contributed by atoms with van der Waals surface area (Å²) in [6.45, 7) is 0. The van der Waals surface area contributed by atoms with Crippen molar-refractivity contribution in [3.05, 3.63) is 63.2 Å². The van der Waals surface area contributed by atoms with Crippen LogP contribution < -0.4 is 5.32 Å². The van der Waals surface area contributed by atoms with Gasteiger partial charge in [0.1, 0.15) is 4.88 Å².